The van der Waals surface area contributed by atoms with Crippen molar-refractivity contribution in [3.8, 4) is 16.9 Å². The molecule has 5 atom stereocenters. The molecule has 254 valence electrons. The maximum absolute atomic E-state index is 12.2. The average molecular weight is 660 g/mol. The summed E-state index contributed by atoms with van der Waals surface area (Å²) in [5, 5.41) is 0. The molecule has 0 aromatic heterocycles. The summed E-state index contributed by atoms with van der Waals surface area (Å²) < 4.78 is 34.3. The van der Waals surface area contributed by atoms with Gasteiger partial charge in [0, 0.05) is 39.5 Å². The predicted octanol–water partition coefficient (Wildman–Crippen LogP) is 6.08. The molecule has 0 amide bonds. The van der Waals surface area contributed by atoms with Crippen molar-refractivity contribution >= 4 is 35.8 Å². The number of carbonyl (C=O) groups excluding carboxylic acids is 4. The summed E-state index contributed by atoms with van der Waals surface area (Å²) in [7, 11) is 0. The van der Waals surface area contributed by atoms with Gasteiger partial charge in [-0.1, -0.05) is 61.9 Å². The topological polar surface area (TPSA) is 136 Å². The molecule has 11 heteroatoms. The minimum Gasteiger partial charge on any atom is -0.493 e. The first kappa shape index (κ1) is 35.8. The number of hydrogen-bond donors (Lipinski definition) is 0. The van der Waals surface area contributed by atoms with E-state index in [0.717, 1.165) is 35.2 Å². The lowest BCUT2D eigenvalue weighted by atomic mass is 9.89. The number of aliphatic imine (C=N–C) groups is 1. The fourth-order valence-electron chi connectivity index (χ4n) is 5.29. The third-order valence-corrected chi connectivity index (χ3v) is 7.44. The van der Waals surface area contributed by atoms with Gasteiger partial charge in [-0.15, -0.1) is 0 Å². The molecule has 1 aliphatic heterocycles. The molecule has 1 saturated heterocycles. The molecule has 3 aromatic rings. The molecule has 1 aliphatic rings. The lowest BCUT2D eigenvalue weighted by Gasteiger charge is -2.44. The van der Waals surface area contributed by atoms with Crippen LogP contribution >= 0.6 is 0 Å². The lowest BCUT2D eigenvalue weighted by Crippen LogP contribution is -2.59. The van der Waals surface area contributed by atoms with E-state index in [1.54, 1.807) is 18.3 Å². The molecule has 3 aromatic carbocycles. The molecular formula is C37H41NO10. The van der Waals surface area contributed by atoms with Crippen molar-refractivity contribution in [3.05, 3.63) is 83.9 Å². The van der Waals surface area contributed by atoms with Crippen LogP contribution in [-0.4, -0.2) is 67.7 Å². The minimum absolute atomic E-state index is 0.298. The van der Waals surface area contributed by atoms with Crippen molar-refractivity contribution in [2.75, 3.05) is 13.2 Å². The summed E-state index contributed by atoms with van der Waals surface area (Å²) in [4.78, 5) is 52.8. The molecular weight excluding hydrogens is 618 g/mol. The molecule has 0 saturated carbocycles. The molecule has 1 heterocycles. The van der Waals surface area contributed by atoms with Crippen LogP contribution in [0, 0.1) is 0 Å². The standard InChI is InChI=1S/C37H41NO10/c1-6-7-19-43-32-20-29(17-18-30(32)21-38-31-11-9-8-10-12-31)27-13-15-28(16-14-27)34-36(46-25(4)41)37(47-26(5)42)35(45-24(3)40)33(48-34)22-44-23(2)39/h8-18,20-21,33-37H,6-7,19,22H2,1-5H3/t33?,34-,35+,36?,37?/m0/s1. The van der Waals surface area contributed by atoms with E-state index >= 15 is 0 Å². The van der Waals surface area contributed by atoms with Gasteiger partial charge in [-0.2, -0.15) is 0 Å². The van der Waals surface area contributed by atoms with Crippen LogP contribution in [0.1, 0.15) is 64.7 Å². The molecule has 0 spiro atoms. The fraction of sp³-hybridized carbons (Fsp3) is 0.378. The Hall–Kier alpha value is -5.03. The van der Waals surface area contributed by atoms with E-state index in [1.165, 1.54) is 27.7 Å². The molecule has 0 aliphatic carbocycles. The molecule has 0 N–H and O–H groups in total. The number of hydrogen-bond acceptors (Lipinski definition) is 11. The highest BCUT2D eigenvalue weighted by Gasteiger charge is 2.52. The third-order valence-electron chi connectivity index (χ3n) is 7.44. The quantitative estimate of drug-likeness (QED) is 0.0919. The molecule has 48 heavy (non-hydrogen) atoms. The third kappa shape index (κ3) is 9.98. The molecule has 4 rings (SSSR count). The van der Waals surface area contributed by atoms with E-state index in [0.29, 0.717) is 17.9 Å². The first-order valence-corrected chi connectivity index (χ1v) is 15.8. The van der Waals surface area contributed by atoms with Crippen LogP contribution in [0.25, 0.3) is 11.1 Å². The van der Waals surface area contributed by atoms with Crippen LogP contribution < -0.4 is 4.74 Å². The average Bonchev–Trinajstić information content (AvgIpc) is 3.05. The Balaban J connectivity index is 1.68. The predicted molar refractivity (Wildman–Crippen MR) is 177 cm³/mol. The number of rotatable bonds is 13. The Bertz CT molecular complexity index is 1590. The minimum atomic E-state index is -1.25. The van der Waals surface area contributed by atoms with Crippen LogP contribution in [0.3, 0.4) is 0 Å². The molecule has 1 fully saturated rings. The Morgan fingerprint density at radius 1 is 0.750 bits per heavy atom. The van der Waals surface area contributed by atoms with Crippen LogP contribution in [0.4, 0.5) is 5.69 Å². The van der Waals surface area contributed by atoms with Crippen molar-refractivity contribution in [3.63, 3.8) is 0 Å². The Morgan fingerprint density at radius 2 is 1.38 bits per heavy atom. The highest BCUT2D eigenvalue weighted by atomic mass is 16.7. The summed E-state index contributed by atoms with van der Waals surface area (Å²) in [5.41, 5.74) is 4.02. The number of unbranched alkanes of at least 4 members (excludes halogenated alkanes) is 1. The van der Waals surface area contributed by atoms with E-state index < -0.39 is 54.4 Å². The summed E-state index contributed by atoms with van der Waals surface area (Å²) in [6, 6.07) is 22.9. The molecule has 3 unspecified atom stereocenters. The van der Waals surface area contributed by atoms with Crippen molar-refractivity contribution in [2.24, 2.45) is 4.99 Å². The molecule has 0 radical (unpaired) electrons. The highest BCUT2D eigenvalue weighted by Crippen LogP contribution is 2.38. The zero-order valence-corrected chi connectivity index (χ0v) is 27.8. The van der Waals surface area contributed by atoms with E-state index in [-0.39, 0.29) is 6.61 Å². The second-order valence-electron chi connectivity index (χ2n) is 11.3. The summed E-state index contributed by atoms with van der Waals surface area (Å²) in [5.74, 6) is -1.92. The summed E-state index contributed by atoms with van der Waals surface area (Å²) >= 11 is 0. The van der Waals surface area contributed by atoms with Gasteiger partial charge in [-0.25, -0.2) is 0 Å². The Kier molecular flexibility index (Phi) is 12.8. The van der Waals surface area contributed by atoms with Crippen molar-refractivity contribution < 1.29 is 47.6 Å². The zero-order chi connectivity index (χ0) is 34.6. The smallest absolute Gasteiger partial charge is 0.303 e. The highest BCUT2D eigenvalue weighted by molar-refractivity contribution is 5.87. The van der Waals surface area contributed by atoms with Crippen LogP contribution in [-0.2, 0) is 42.9 Å². The molecule has 11 nitrogen and oxygen atoms in total. The number of ether oxygens (including phenoxy) is 6. The Morgan fingerprint density at radius 3 is 2.00 bits per heavy atom. The van der Waals surface area contributed by atoms with E-state index in [2.05, 4.69) is 11.9 Å². The maximum atomic E-state index is 12.2. The van der Waals surface area contributed by atoms with Gasteiger partial charge in [0.15, 0.2) is 18.3 Å². The van der Waals surface area contributed by atoms with Gasteiger partial charge in [-0.05, 0) is 47.4 Å². The summed E-state index contributed by atoms with van der Waals surface area (Å²) in [6.45, 7) is 7.18. The van der Waals surface area contributed by atoms with Crippen LogP contribution in [0.2, 0.25) is 0 Å². The normalized spacial score (nSPS) is 20.5. The van der Waals surface area contributed by atoms with Gasteiger partial charge in [0.05, 0.1) is 12.3 Å². The summed E-state index contributed by atoms with van der Waals surface area (Å²) in [6.07, 6.45) is -1.97. The van der Waals surface area contributed by atoms with Gasteiger partial charge in [0.25, 0.3) is 0 Å². The maximum Gasteiger partial charge on any atom is 0.303 e. The van der Waals surface area contributed by atoms with E-state index in [1.807, 2.05) is 60.7 Å². The number of para-hydroxylation sites is 1. The van der Waals surface area contributed by atoms with E-state index in [9.17, 15) is 19.2 Å². The second kappa shape index (κ2) is 17.2. The van der Waals surface area contributed by atoms with Crippen LogP contribution in [0.15, 0.2) is 77.8 Å². The van der Waals surface area contributed by atoms with E-state index in [4.69, 9.17) is 28.4 Å². The largest absolute Gasteiger partial charge is 0.493 e. The second-order valence-corrected chi connectivity index (χ2v) is 11.3. The van der Waals surface area contributed by atoms with Gasteiger partial charge in [0.2, 0.25) is 0 Å². The lowest BCUT2D eigenvalue weighted by molar-refractivity contribution is -0.254. The molecule has 0 bridgehead atoms. The van der Waals surface area contributed by atoms with Crippen LogP contribution in [0.5, 0.6) is 5.75 Å². The van der Waals surface area contributed by atoms with Gasteiger partial charge >= 0.3 is 23.9 Å². The van der Waals surface area contributed by atoms with Gasteiger partial charge in [-0.3, -0.25) is 24.2 Å². The van der Waals surface area contributed by atoms with Gasteiger partial charge in [0.1, 0.15) is 24.6 Å². The SMILES string of the molecule is CCCCOc1cc(-c2ccc([C@@H]3OC(COC(C)=O)[C@@H](OC(C)=O)C(OC(C)=O)C3OC(C)=O)cc2)ccc1C=Nc1ccccc1. The number of esters is 4. The number of benzene rings is 3. The first-order valence-electron chi connectivity index (χ1n) is 15.8. The number of carbonyl (C=O) groups is 4. The van der Waals surface area contributed by atoms with Crippen molar-refractivity contribution in [1.82, 2.24) is 0 Å². The number of nitrogens with zero attached hydrogens (tertiary/aromatic N) is 1. The monoisotopic (exact) mass is 659 g/mol. The first-order chi connectivity index (χ1) is 23.0. The van der Waals surface area contributed by atoms with Gasteiger partial charge < -0.3 is 28.4 Å². The van der Waals surface area contributed by atoms with Crippen molar-refractivity contribution in [1.29, 1.82) is 0 Å². The zero-order valence-electron chi connectivity index (χ0n) is 27.8. The Labute approximate surface area is 280 Å². The fourth-order valence-corrected chi connectivity index (χ4v) is 5.29. The van der Waals surface area contributed by atoms with Crippen molar-refractivity contribution in [2.45, 2.75) is 78.0 Å².